The molecule has 0 aromatic rings. The maximum atomic E-state index is 12.6. The Hall–Kier alpha value is -1.20. The third-order valence-electron chi connectivity index (χ3n) is 6.37. The summed E-state index contributed by atoms with van der Waals surface area (Å²) in [6, 6.07) is -1.62. The molecule has 10 heteroatoms. The monoisotopic (exact) mass is 525 g/mol. The molecule has 7 nitrogen and oxygen atoms in total. The minimum atomic E-state index is -5.16. The average molecular weight is 526 g/mol. The van der Waals surface area contributed by atoms with Gasteiger partial charge < -0.3 is 30.1 Å². The topological polar surface area (TPSA) is 108 Å². The molecular weight excluding hydrogens is 479 g/mol. The quantitative estimate of drug-likeness (QED) is 0.146. The first-order valence-corrected chi connectivity index (χ1v) is 13.5. The van der Waals surface area contributed by atoms with Crippen molar-refractivity contribution in [1.82, 2.24) is 5.32 Å². The van der Waals surface area contributed by atoms with Gasteiger partial charge in [0.05, 0.1) is 6.61 Å². The predicted octanol–water partition coefficient (Wildman–Crippen LogP) is 4.53. The van der Waals surface area contributed by atoms with Gasteiger partial charge in [0.25, 0.3) is 0 Å². The fourth-order valence-electron chi connectivity index (χ4n) is 4.16. The third-order valence-corrected chi connectivity index (χ3v) is 6.37. The van der Waals surface area contributed by atoms with Gasteiger partial charge in [-0.15, -0.1) is 0 Å². The van der Waals surface area contributed by atoms with E-state index in [1.807, 2.05) is 0 Å². The van der Waals surface area contributed by atoms with Crippen molar-refractivity contribution in [3.05, 3.63) is 12.2 Å². The smallest absolute Gasteiger partial charge is 0.394 e. The van der Waals surface area contributed by atoms with Crippen LogP contribution in [0, 0.1) is 0 Å². The lowest BCUT2D eigenvalue weighted by Gasteiger charge is -2.42. The Bertz CT molecular complexity index is 605. The number of halogens is 3. The summed E-state index contributed by atoms with van der Waals surface area (Å²) in [5.74, 6) is -2.27. The van der Waals surface area contributed by atoms with E-state index in [0.717, 1.165) is 44.9 Å². The largest absolute Gasteiger partial charge is 0.471 e. The summed E-state index contributed by atoms with van der Waals surface area (Å²) in [7, 11) is 0. The molecule has 1 amide bonds. The van der Waals surface area contributed by atoms with E-state index in [1.165, 1.54) is 38.5 Å². The highest BCUT2D eigenvalue weighted by molar-refractivity contribution is 5.82. The summed E-state index contributed by atoms with van der Waals surface area (Å²) in [4.78, 5) is 11.3. The number of hydrogen-bond donors (Lipinski definition) is 4. The molecule has 4 N–H and O–H groups in total. The molecule has 0 spiro atoms. The number of alkyl halides is 3. The molecule has 0 aliphatic carbocycles. The van der Waals surface area contributed by atoms with E-state index in [2.05, 4.69) is 19.1 Å². The Kier molecular flexibility index (Phi) is 17.3. The van der Waals surface area contributed by atoms with E-state index < -0.39 is 49.3 Å². The van der Waals surface area contributed by atoms with Crippen molar-refractivity contribution < 1.29 is 42.8 Å². The molecule has 1 rings (SSSR count). The second-order valence-corrected chi connectivity index (χ2v) is 9.51. The molecule has 1 saturated heterocycles. The van der Waals surface area contributed by atoms with Crippen LogP contribution in [0.4, 0.5) is 13.2 Å². The van der Waals surface area contributed by atoms with Gasteiger partial charge in [-0.25, -0.2) is 0 Å². The van der Waals surface area contributed by atoms with E-state index in [0.29, 0.717) is 6.42 Å². The normalized spacial score (nSPS) is 24.9. The lowest BCUT2D eigenvalue weighted by atomic mass is 9.97. The molecule has 36 heavy (non-hydrogen) atoms. The molecule has 0 saturated carbocycles. The van der Waals surface area contributed by atoms with Crippen LogP contribution in [-0.4, -0.2) is 71.3 Å². The van der Waals surface area contributed by atoms with E-state index in [-0.39, 0.29) is 6.61 Å². The Labute approximate surface area is 213 Å². The summed E-state index contributed by atoms with van der Waals surface area (Å²) in [5, 5.41) is 31.0. The number of aliphatic hydroxyl groups is 3. The molecular formula is C26H46F3NO6. The van der Waals surface area contributed by atoms with Gasteiger partial charge in [0, 0.05) is 6.61 Å². The van der Waals surface area contributed by atoms with Crippen molar-refractivity contribution in [2.24, 2.45) is 0 Å². The van der Waals surface area contributed by atoms with E-state index in [9.17, 15) is 33.3 Å². The minimum absolute atomic E-state index is 0.144. The first kappa shape index (κ1) is 32.8. The van der Waals surface area contributed by atoms with Crippen LogP contribution in [0.3, 0.4) is 0 Å². The number of unbranched alkanes of at least 4 members (excludes halogenated alkanes) is 12. The molecule has 1 fully saturated rings. The van der Waals surface area contributed by atoms with Crippen LogP contribution in [0.25, 0.3) is 0 Å². The highest BCUT2D eigenvalue weighted by atomic mass is 19.4. The molecule has 5 atom stereocenters. The molecule has 0 unspecified atom stereocenters. The number of carbonyl (C=O) groups is 1. The summed E-state index contributed by atoms with van der Waals surface area (Å²) in [6.45, 7) is 1.71. The van der Waals surface area contributed by atoms with Gasteiger partial charge in [-0.05, 0) is 32.1 Å². The van der Waals surface area contributed by atoms with Crippen LogP contribution >= 0.6 is 0 Å². The predicted molar refractivity (Wildman–Crippen MR) is 131 cm³/mol. The van der Waals surface area contributed by atoms with Gasteiger partial charge in [-0.1, -0.05) is 76.9 Å². The number of aliphatic hydroxyl groups excluding tert-OH is 3. The van der Waals surface area contributed by atoms with Gasteiger partial charge in [0.1, 0.15) is 24.4 Å². The van der Waals surface area contributed by atoms with Gasteiger partial charge >= 0.3 is 12.1 Å². The first-order chi connectivity index (χ1) is 17.2. The fourth-order valence-corrected chi connectivity index (χ4v) is 4.16. The fraction of sp³-hybridized carbons (Fsp3) is 0.885. The lowest BCUT2D eigenvalue weighted by Crippen LogP contribution is -2.65. The van der Waals surface area contributed by atoms with Crippen molar-refractivity contribution in [3.8, 4) is 0 Å². The Morgan fingerprint density at radius 2 is 1.42 bits per heavy atom. The van der Waals surface area contributed by atoms with E-state index >= 15 is 0 Å². The van der Waals surface area contributed by atoms with Crippen molar-refractivity contribution in [1.29, 1.82) is 0 Å². The maximum Gasteiger partial charge on any atom is 0.471 e. The molecule has 0 aromatic carbocycles. The molecule has 212 valence electrons. The van der Waals surface area contributed by atoms with Crippen LogP contribution in [0.5, 0.6) is 0 Å². The second-order valence-electron chi connectivity index (χ2n) is 9.51. The zero-order valence-corrected chi connectivity index (χ0v) is 21.6. The third kappa shape index (κ3) is 13.4. The zero-order valence-electron chi connectivity index (χ0n) is 21.6. The van der Waals surface area contributed by atoms with E-state index in [1.54, 1.807) is 5.32 Å². The van der Waals surface area contributed by atoms with Gasteiger partial charge in [-0.2, -0.15) is 13.2 Å². The number of nitrogens with one attached hydrogen (secondary N) is 1. The molecule has 1 aliphatic heterocycles. The van der Waals surface area contributed by atoms with Gasteiger partial charge in [-0.3, -0.25) is 4.79 Å². The number of ether oxygens (including phenoxy) is 2. The number of rotatable bonds is 19. The standard InChI is InChI=1S/C26H46F3NO6/c1-2-3-4-5-6-7-8-9-10-11-12-13-14-15-16-17-18-35-24-21(30-25(34)26(27,28)29)23(33)22(32)20(19-31)36-24/h9-10,20-24,31-33H,2-8,11-19H2,1H3,(H,30,34)/b10-9-/t20-,21-,22-,23-,24-/m1/s1. The molecule has 1 aliphatic rings. The highest BCUT2D eigenvalue weighted by Gasteiger charge is 2.49. The highest BCUT2D eigenvalue weighted by Crippen LogP contribution is 2.24. The SMILES string of the molecule is CCCCCCCC/C=C\CCCCCCCCO[C@@H]1O[C@H](CO)[C@@H](O)[C@H](O)[C@H]1NC(=O)C(F)(F)F. The number of allylic oxidation sites excluding steroid dienone is 2. The van der Waals surface area contributed by atoms with Crippen LogP contribution in [0.2, 0.25) is 0 Å². The molecule has 1 heterocycles. The lowest BCUT2D eigenvalue weighted by molar-refractivity contribution is -0.272. The summed E-state index contributed by atoms with van der Waals surface area (Å²) < 4.78 is 48.7. The summed E-state index contributed by atoms with van der Waals surface area (Å²) in [5.41, 5.74) is 0. The van der Waals surface area contributed by atoms with Gasteiger partial charge in [0.2, 0.25) is 0 Å². The van der Waals surface area contributed by atoms with Crippen molar-refractivity contribution >= 4 is 5.91 Å². The van der Waals surface area contributed by atoms with Crippen molar-refractivity contribution in [2.75, 3.05) is 13.2 Å². The van der Waals surface area contributed by atoms with E-state index in [4.69, 9.17) is 9.47 Å². The summed E-state index contributed by atoms with van der Waals surface area (Å²) in [6.07, 6.45) is 9.23. The number of hydrogen-bond acceptors (Lipinski definition) is 6. The van der Waals surface area contributed by atoms with Crippen LogP contribution in [0.15, 0.2) is 12.2 Å². The number of amides is 1. The van der Waals surface area contributed by atoms with Crippen molar-refractivity contribution in [2.45, 2.75) is 134 Å². The Morgan fingerprint density at radius 3 is 1.94 bits per heavy atom. The van der Waals surface area contributed by atoms with Crippen LogP contribution in [-0.2, 0) is 14.3 Å². The average Bonchev–Trinajstić information content (AvgIpc) is 2.84. The summed E-state index contributed by atoms with van der Waals surface area (Å²) >= 11 is 0. The Morgan fingerprint density at radius 1 is 0.889 bits per heavy atom. The number of carbonyl (C=O) groups excluding carboxylic acids is 1. The minimum Gasteiger partial charge on any atom is -0.394 e. The second kappa shape index (κ2) is 19.0. The van der Waals surface area contributed by atoms with Crippen molar-refractivity contribution in [3.63, 3.8) is 0 Å². The van der Waals surface area contributed by atoms with Gasteiger partial charge in [0.15, 0.2) is 6.29 Å². The Balaban J connectivity index is 2.18. The molecule has 0 radical (unpaired) electrons. The molecule has 0 aromatic heterocycles. The maximum absolute atomic E-state index is 12.6. The molecule has 0 bridgehead atoms. The van der Waals surface area contributed by atoms with Crippen LogP contribution < -0.4 is 5.32 Å². The zero-order chi connectivity index (χ0) is 26.8. The first-order valence-electron chi connectivity index (χ1n) is 13.5. The van der Waals surface area contributed by atoms with Crippen LogP contribution in [0.1, 0.15) is 96.8 Å².